The Bertz CT molecular complexity index is 1560. The van der Waals surface area contributed by atoms with Crippen molar-refractivity contribution in [1.82, 2.24) is 4.98 Å². The average Bonchev–Trinajstić information content (AvgIpc) is 3.41. The lowest BCUT2D eigenvalue weighted by atomic mass is 9.85. The summed E-state index contributed by atoms with van der Waals surface area (Å²) in [6, 6.07) is 19.8. The van der Waals surface area contributed by atoms with Crippen molar-refractivity contribution in [2.45, 2.75) is 46.1 Å². The predicted molar refractivity (Wildman–Crippen MR) is 152 cm³/mol. The van der Waals surface area contributed by atoms with Crippen molar-refractivity contribution in [1.29, 1.82) is 0 Å². The normalized spacial score (nSPS) is 17.4. The topological polar surface area (TPSA) is 79.7 Å². The Labute approximate surface area is 226 Å². The van der Waals surface area contributed by atoms with Gasteiger partial charge < -0.3 is 9.84 Å². The number of aliphatic hydroxyl groups excluding tert-OH is 1. The molecular formula is C31H30N2O4S. The second-order valence-corrected chi connectivity index (χ2v) is 11.5. The summed E-state index contributed by atoms with van der Waals surface area (Å²) in [5.74, 6) is -0.934. The zero-order valence-electron chi connectivity index (χ0n) is 22.1. The molecule has 0 spiro atoms. The minimum atomic E-state index is -0.822. The number of anilines is 1. The second-order valence-electron chi connectivity index (χ2n) is 10.5. The van der Waals surface area contributed by atoms with E-state index in [2.05, 4.69) is 20.8 Å². The highest BCUT2D eigenvalue weighted by Gasteiger charge is 2.48. The highest BCUT2D eigenvalue weighted by atomic mass is 32.1. The van der Waals surface area contributed by atoms with Gasteiger partial charge in [-0.3, -0.25) is 14.5 Å². The van der Waals surface area contributed by atoms with Crippen molar-refractivity contribution in [2.24, 2.45) is 0 Å². The standard InChI is InChI=1S/C31H30N2O4S/c1-6-37-22-15-16-23-24(17-22)38-30(32-23)33-26(19-11-13-21(14-12-19)31(3,4)5)25(28(35)29(33)36)27(34)20-9-7-18(2)8-10-20/h7-17,26,34H,6H2,1-5H3/t26-/m0/s1. The molecule has 2 heterocycles. The van der Waals surface area contributed by atoms with Crippen LogP contribution in [0.15, 0.2) is 72.3 Å². The molecule has 38 heavy (non-hydrogen) atoms. The first kappa shape index (κ1) is 25.7. The van der Waals surface area contributed by atoms with E-state index in [0.29, 0.717) is 28.6 Å². The van der Waals surface area contributed by atoms with Gasteiger partial charge in [0.1, 0.15) is 11.5 Å². The molecular weight excluding hydrogens is 496 g/mol. The number of aromatic nitrogens is 1. The maximum atomic E-state index is 13.5. The van der Waals surface area contributed by atoms with Crippen LogP contribution in [0, 0.1) is 6.92 Å². The van der Waals surface area contributed by atoms with Crippen LogP contribution in [0.2, 0.25) is 0 Å². The molecule has 1 amide bonds. The first-order chi connectivity index (χ1) is 18.1. The van der Waals surface area contributed by atoms with Crippen LogP contribution in [0.25, 0.3) is 16.0 Å². The third-order valence-electron chi connectivity index (χ3n) is 6.73. The van der Waals surface area contributed by atoms with Crippen LogP contribution in [0.4, 0.5) is 5.13 Å². The molecule has 1 atom stereocenters. The maximum absolute atomic E-state index is 13.5. The third kappa shape index (κ3) is 4.58. The van der Waals surface area contributed by atoms with E-state index < -0.39 is 17.7 Å². The molecule has 0 saturated carbocycles. The highest BCUT2D eigenvalue weighted by Crippen LogP contribution is 2.45. The van der Waals surface area contributed by atoms with Gasteiger partial charge in [-0.15, -0.1) is 0 Å². The quantitative estimate of drug-likeness (QED) is 0.173. The van der Waals surface area contributed by atoms with Gasteiger partial charge in [0.15, 0.2) is 5.13 Å². The Morgan fingerprint density at radius 3 is 2.34 bits per heavy atom. The summed E-state index contributed by atoms with van der Waals surface area (Å²) < 4.78 is 6.47. The summed E-state index contributed by atoms with van der Waals surface area (Å²) in [6.07, 6.45) is 0. The van der Waals surface area contributed by atoms with E-state index in [0.717, 1.165) is 21.4 Å². The number of ketones is 1. The first-order valence-electron chi connectivity index (χ1n) is 12.6. The van der Waals surface area contributed by atoms with Gasteiger partial charge in [0.25, 0.3) is 5.78 Å². The van der Waals surface area contributed by atoms with Crippen LogP contribution in [0.5, 0.6) is 5.75 Å². The molecule has 0 aliphatic carbocycles. The largest absolute Gasteiger partial charge is 0.507 e. The molecule has 1 aromatic heterocycles. The molecule has 4 aromatic rings. The van der Waals surface area contributed by atoms with E-state index in [1.165, 1.54) is 16.2 Å². The number of ether oxygens (including phenoxy) is 1. The number of carbonyl (C=O) groups excluding carboxylic acids is 2. The fourth-order valence-corrected chi connectivity index (χ4v) is 5.65. The number of hydrogen-bond donors (Lipinski definition) is 1. The lowest BCUT2D eigenvalue weighted by Gasteiger charge is -2.24. The molecule has 7 heteroatoms. The number of aryl methyl sites for hydroxylation is 1. The van der Waals surface area contributed by atoms with Gasteiger partial charge >= 0.3 is 5.91 Å². The Morgan fingerprint density at radius 2 is 1.71 bits per heavy atom. The van der Waals surface area contributed by atoms with Gasteiger partial charge in [-0.2, -0.15) is 0 Å². The minimum absolute atomic E-state index is 0.0524. The molecule has 3 aromatic carbocycles. The van der Waals surface area contributed by atoms with Crippen molar-refractivity contribution in [3.63, 3.8) is 0 Å². The molecule has 0 radical (unpaired) electrons. The molecule has 6 nitrogen and oxygen atoms in total. The number of benzene rings is 3. The zero-order chi connectivity index (χ0) is 27.2. The number of fused-ring (bicyclic) bond motifs is 1. The van der Waals surface area contributed by atoms with Crippen molar-refractivity contribution >= 4 is 44.1 Å². The van der Waals surface area contributed by atoms with Gasteiger partial charge in [-0.25, -0.2) is 4.98 Å². The van der Waals surface area contributed by atoms with Crippen molar-refractivity contribution in [2.75, 3.05) is 11.5 Å². The molecule has 1 aliphatic heterocycles. The number of hydrogen-bond acceptors (Lipinski definition) is 6. The summed E-state index contributed by atoms with van der Waals surface area (Å²) in [7, 11) is 0. The number of rotatable bonds is 5. The molecule has 1 N–H and O–H groups in total. The van der Waals surface area contributed by atoms with Gasteiger partial charge in [-0.05, 0) is 48.6 Å². The van der Waals surface area contributed by atoms with Gasteiger partial charge in [0.2, 0.25) is 0 Å². The fourth-order valence-electron chi connectivity index (χ4n) is 4.63. The minimum Gasteiger partial charge on any atom is -0.507 e. The molecule has 1 fully saturated rings. The van der Waals surface area contributed by atoms with Gasteiger partial charge in [0.05, 0.1) is 28.4 Å². The van der Waals surface area contributed by atoms with E-state index in [1.54, 1.807) is 12.1 Å². The van der Waals surface area contributed by atoms with Crippen molar-refractivity contribution < 1.29 is 19.4 Å². The fraction of sp³-hybridized carbons (Fsp3) is 0.258. The van der Waals surface area contributed by atoms with Crippen molar-refractivity contribution in [3.05, 3.63) is 94.6 Å². The zero-order valence-corrected chi connectivity index (χ0v) is 22.9. The smallest absolute Gasteiger partial charge is 0.301 e. The van der Waals surface area contributed by atoms with Crippen LogP contribution < -0.4 is 9.64 Å². The van der Waals surface area contributed by atoms with Crippen LogP contribution in [0.1, 0.15) is 56.0 Å². The first-order valence-corrected chi connectivity index (χ1v) is 13.4. The number of carbonyl (C=O) groups is 2. The van der Waals surface area contributed by atoms with Gasteiger partial charge in [0, 0.05) is 5.56 Å². The number of aliphatic hydroxyl groups is 1. The summed E-state index contributed by atoms with van der Waals surface area (Å²) in [5.41, 5.74) is 4.05. The SMILES string of the molecule is CCOc1ccc2nc(N3C(=O)C(=O)C(=C(O)c4ccc(C)cc4)[C@@H]3c3ccc(C(C)(C)C)cc3)sc2c1. The molecule has 194 valence electrons. The lowest BCUT2D eigenvalue weighted by molar-refractivity contribution is -0.132. The van der Waals surface area contributed by atoms with E-state index in [-0.39, 0.29) is 16.7 Å². The molecule has 0 bridgehead atoms. The van der Waals surface area contributed by atoms with Crippen LogP contribution >= 0.6 is 11.3 Å². The molecule has 5 rings (SSSR count). The monoisotopic (exact) mass is 526 g/mol. The van der Waals surface area contributed by atoms with Crippen LogP contribution in [-0.2, 0) is 15.0 Å². The van der Waals surface area contributed by atoms with Crippen LogP contribution in [0.3, 0.4) is 0 Å². The second kappa shape index (κ2) is 9.72. The van der Waals surface area contributed by atoms with Gasteiger partial charge in [-0.1, -0.05) is 86.2 Å². The Hall–Kier alpha value is -3.97. The van der Waals surface area contributed by atoms with E-state index in [4.69, 9.17) is 9.72 Å². The predicted octanol–water partition coefficient (Wildman–Crippen LogP) is 6.93. The van der Waals surface area contributed by atoms with E-state index in [1.807, 2.05) is 68.4 Å². The number of nitrogens with zero attached hydrogens (tertiary/aromatic N) is 2. The Kier molecular flexibility index (Phi) is 6.57. The van der Waals surface area contributed by atoms with Crippen molar-refractivity contribution in [3.8, 4) is 5.75 Å². The Morgan fingerprint density at radius 1 is 1.03 bits per heavy atom. The Balaban J connectivity index is 1.69. The summed E-state index contributed by atoms with van der Waals surface area (Å²) in [5, 5.41) is 11.8. The lowest BCUT2D eigenvalue weighted by Crippen LogP contribution is -2.29. The summed E-state index contributed by atoms with van der Waals surface area (Å²) in [6.45, 7) is 10.8. The molecule has 0 unspecified atom stereocenters. The summed E-state index contributed by atoms with van der Waals surface area (Å²) >= 11 is 1.32. The van der Waals surface area contributed by atoms with Crippen LogP contribution in [-0.4, -0.2) is 28.4 Å². The number of amides is 1. The molecule has 1 aliphatic rings. The summed E-state index contributed by atoms with van der Waals surface area (Å²) in [4.78, 5) is 33.1. The maximum Gasteiger partial charge on any atom is 0.301 e. The number of Topliss-reactive ketones (excluding diaryl/α,β-unsaturated/α-hetero) is 1. The highest BCUT2D eigenvalue weighted by molar-refractivity contribution is 7.22. The van der Waals surface area contributed by atoms with E-state index >= 15 is 0 Å². The molecule has 1 saturated heterocycles. The van der Waals surface area contributed by atoms with E-state index in [9.17, 15) is 14.7 Å². The number of thiazole rings is 1. The average molecular weight is 527 g/mol. The third-order valence-corrected chi connectivity index (χ3v) is 7.75.